The summed E-state index contributed by atoms with van der Waals surface area (Å²) in [6.07, 6.45) is 1.51. The zero-order chi connectivity index (χ0) is 18.4. The van der Waals surface area contributed by atoms with E-state index in [-0.39, 0.29) is 11.9 Å². The maximum absolute atomic E-state index is 12.8. The minimum atomic E-state index is -0.686. The summed E-state index contributed by atoms with van der Waals surface area (Å²) in [5, 5.41) is 12.3. The van der Waals surface area contributed by atoms with Gasteiger partial charge in [0.2, 0.25) is 11.4 Å². The van der Waals surface area contributed by atoms with Gasteiger partial charge in [0.1, 0.15) is 5.01 Å². The Hall–Kier alpha value is -1.90. The van der Waals surface area contributed by atoms with Crippen LogP contribution in [-0.2, 0) is 4.74 Å². The van der Waals surface area contributed by atoms with Crippen LogP contribution in [0.2, 0.25) is 0 Å². The highest BCUT2D eigenvalue weighted by molar-refractivity contribution is 7.15. The summed E-state index contributed by atoms with van der Waals surface area (Å²) in [6.45, 7) is 9.60. The number of carbonyl (C=O) groups excluding carboxylic acids is 2. The number of alkyl carbamates (subject to hydrolysis) is 1. The van der Waals surface area contributed by atoms with E-state index in [1.807, 2.05) is 20.8 Å². The minimum absolute atomic E-state index is 0.187. The largest absolute Gasteiger partial charge is 0.423 e. The number of urea groups is 1. The molecule has 9 heteroatoms. The van der Waals surface area contributed by atoms with E-state index in [1.54, 1.807) is 4.90 Å². The van der Waals surface area contributed by atoms with Gasteiger partial charge in [0, 0.05) is 19.0 Å². The Kier molecular flexibility index (Phi) is 6.98. The van der Waals surface area contributed by atoms with Crippen LogP contribution in [0.3, 0.4) is 0 Å². The van der Waals surface area contributed by atoms with Crippen LogP contribution in [0.15, 0.2) is 0 Å². The molecule has 0 bridgehead atoms. The molecule has 2 rings (SSSR count). The molecule has 1 unspecified atom stereocenters. The summed E-state index contributed by atoms with van der Waals surface area (Å²) in [5.74, 6) is 0.229. The number of ether oxygens (including phenoxy) is 1. The molecule has 0 spiro atoms. The number of hydrogen-bond acceptors (Lipinski definition) is 6. The molecule has 2 heterocycles. The Morgan fingerprint density at radius 1 is 1.36 bits per heavy atom. The van der Waals surface area contributed by atoms with E-state index in [2.05, 4.69) is 22.4 Å². The van der Waals surface area contributed by atoms with E-state index in [1.165, 1.54) is 16.2 Å². The van der Waals surface area contributed by atoms with Crippen LogP contribution in [0.1, 0.15) is 57.9 Å². The van der Waals surface area contributed by atoms with Gasteiger partial charge >= 0.3 is 12.1 Å². The second kappa shape index (κ2) is 8.98. The van der Waals surface area contributed by atoms with Crippen LogP contribution in [0, 0.1) is 0 Å². The molecule has 0 aliphatic carbocycles. The highest BCUT2D eigenvalue weighted by Crippen LogP contribution is 2.31. The van der Waals surface area contributed by atoms with Gasteiger partial charge in [-0.2, -0.15) is 0 Å². The van der Waals surface area contributed by atoms with Crippen molar-refractivity contribution >= 4 is 28.6 Å². The van der Waals surface area contributed by atoms with Crippen LogP contribution in [0.25, 0.3) is 0 Å². The third-order valence-corrected chi connectivity index (χ3v) is 5.04. The van der Waals surface area contributed by atoms with Crippen molar-refractivity contribution in [2.75, 3.05) is 24.5 Å². The van der Waals surface area contributed by atoms with Crippen molar-refractivity contribution in [1.82, 2.24) is 20.4 Å². The molecular weight excluding hydrogens is 342 g/mol. The first-order valence-corrected chi connectivity index (χ1v) is 9.65. The molecule has 0 saturated carbocycles. The van der Waals surface area contributed by atoms with Gasteiger partial charge in [0.15, 0.2) is 0 Å². The summed E-state index contributed by atoms with van der Waals surface area (Å²) in [5.41, 5.74) is 0. The molecule has 8 nitrogen and oxygen atoms in total. The van der Waals surface area contributed by atoms with Gasteiger partial charge in [0.25, 0.3) is 0 Å². The summed E-state index contributed by atoms with van der Waals surface area (Å²) < 4.78 is 5.48. The fourth-order valence-electron chi connectivity index (χ4n) is 2.40. The Morgan fingerprint density at radius 2 is 2.12 bits per heavy atom. The fourth-order valence-corrected chi connectivity index (χ4v) is 3.28. The first-order valence-electron chi connectivity index (χ1n) is 8.83. The van der Waals surface area contributed by atoms with E-state index in [0.717, 1.165) is 24.3 Å². The van der Waals surface area contributed by atoms with Crippen LogP contribution >= 0.6 is 11.3 Å². The molecule has 1 aromatic rings. The van der Waals surface area contributed by atoms with E-state index in [4.69, 9.17) is 4.74 Å². The third kappa shape index (κ3) is 4.81. The van der Waals surface area contributed by atoms with Gasteiger partial charge in [-0.15, -0.1) is 10.2 Å². The molecule has 1 aliphatic rings. The number of hydrogen-bond donors (Lipinski definition) is 1. The Balaban J connectivity index is 2.16. The lowest BCUT2D eigenvalue weighted by atomic mass is 10.2. The van der Waals surface area contributed by atoms with Crippen molar-refractivity contribution in [3.8, 4) is 0 Å². The van der Waals surface area contributed by atoms with Crippen molar-refractivity contribution < 1.29 is 14.3 Å². The fraction of sp³-hybridized carbons (Fsp3) is 0.750. The standard InChI is InChI=1S/C16H27N5O3S/c1-5-7-9-20-10-12(24-15(22)17-8-6-2)21(16(20)23)14-19-18-13(25-14)11(3)4/h11-12H,5-10H2,1-4H3,(H,17,22). The lowest BCUT2D eigenvalue weighted by Gasteiger charge is -2.19. The molecule has 1 fully saturated rings. The monoisotopic (exact) mass is 369 g/mol. The second-order valence-corrected chi connectivity index (χ2v) is 7.30. The van der Waals surface area contributed by atoms with Crippen molar-refractivity contribution in [3.63, 3.8) is 0 Å². The molecule has 1 atom stereocenters. The average molecular weight is 369 g/mol. The zero-order valence-corrected chi connectivity index (χ0v) is 16.1. The van der Waals surface area contributed by atoms with Crippen LogP contribution in [0.5, 0.6) is 0 Å². The van der Waals surface area contributed by atoms with Gasteiger partial charge in [-0.3, -0.25) is 0 Å². The van der Waals surface area contributed by atoms with Gasteiger partial charge in [-0.05, 0) is 12.8 Å². The summed E-state index contributed by atoms with van der Waals surface area (Å²) in [7, 11) is 0. The Morgan fingerprint density at radius 3 is 2.72 bits per heavy atom. The van der Waals surface area contributed by atoms with Crippen LogP contribution in [0.4, 0.5) is 14.7 Å². The molecule has 1 saturated heterocycles. The number of amides is 3. The lowest BCUT2D eigenvalue weighted by molar-refractivity contribution is 0.101. The summed E-state index contributed by atoms with van der Waals surface area (Å²) in [4.78, 5) is 27.9. The number of carbonyl (C=O) groups is 2. The Labute approximate surface area is 152 Å². The predicted octanol–water partition coefficient (Wildman–Crippen LogP) is 3.17. The first kappa shape index (κ1) is 19.4. The number of anilines is 1. The van der Waals surface area contributed by atoms with Crippen molar-refractivity contribution in [2.24, 2.45) is 0 Å². The van der Waals surface area contributed by atoms with E-state index < -0.39 is 12.3 Å². The number of aromatic nitrogens is 2. The maximum atomic E-state index is 12.8. The lowest BCUT2D eigenvalue weighted by Crippen LogP contribution is -2.40. The molecular formula is C16H27N5O3S. The normalized spacial score (nSPS) is 17.5. The van der Waals surface area contributed by atoms with E-state index in [0.29, 0.717) is 24.8 Å². The first-order chi connectivity index (χ1) is 12.0. The highest BCUT2D eigenvalue weighted by atomic mass is 32.1. The maximum Gasteiger partial charge on any atom is 0.409 e. The SMILES string of the molecule is CCCCN1CC(OC(=O)NCCC)N(c2nnc(C(C)C)s2)C1=O. The molecule has 3 amide bonds. The second-order valence-electron chi connectivity index (χ2n) is 6.32. The summed E-state index contributed by atoms with van der Waals surface area (Å²) >= 11 is 1.36. The van der Waals surface area contributed by atoms with E-state index in [9.17, 15) is 9.59 Å². The van der Waals surface area contributed by atoms with Crippen molar-refractivity contribution in [3.05, 3.63) is 5.01 Å². The minimum Gasteiger partial charge on any atom is -0.423 e. The predicted molar refractivity (Wildman–Crippen MR) is 96.9 cm³/mol. The topological polar surface area (TPSA) is 87.7 Å². The molecule has 1 aliphatic heterocycles. The molecule has 25 heavy (non-hydrogen) atoms. The van der Waals surface area contributed by atoms with Crippen LogP contribution < -0.4 is 10.2 Å². The van der Waals surface area contributed by atoms with Gasteiger partial charge in [0.05, 0.1) is 6.54 Å². The number of rotatable bonds is 8. The Bertz CT molecular complexity index is 592. The van der Waals surface area contributed by atoms with Crippen molar-refractivity contribution in [2.45, 2.75) is 59.1 Å². The smallest absolute Gasteiger partial charge is 0.409 e. The van der Waals surface area contributed by atoms with Gasteiger partial charge < -0.3 is 15.0 Å². The van der Waals surface area contributed by atoms with E-state index >= 15 is 0 Å². The molecule has 0 radical (unpaired) electrons. The quantitative estimate of drug-likeness (QED) is 0.760. The highest BCUT2D eigenvalue weighted by Gasteiger charge is 2.42. The molecule has 1 N–H and O–H groups in total. The average Bonchev–Trinajstić information content (AvgIpc) is 3.16. The number of nitrogens with one attached hydrogen (secondary N) is 1. The molecule has 1 aromatic heterocycles. The zero-order valence-electron chi connectivity index (χ0n) is 15.3. The van der Waals surface area contributed by atoms with Gasteiger partial charge in [-0.1, -0.05) is 45.5 Å². The summed E-state index contributed by atoms with van der Waals surface area (Å²) in [6, 6.07) is -0.187. The third-order valence-electron chi connectivity index (χ3n) is 3.82. The molecule has 140 valence electrons. The number of nitrogens with zero attached hydrogens (tertiary/aromatic N) is 4. The number of unbranched alkanes of at least 4 members (excludes halogenated alkanes) is 1. The van der Waals surface area contributed by atoms with Gasteiger partial charge in [-0.25, -0.2) is 14.5 Å². The van der Waals surface area contributed by atoms with Crippen molar-refractivity contribution in [1.29, 1.82) is 0 Å². The molecule has 0 aromatic carbocycles. The van der Waals surface area contributed by atoms with Crippen LogP contribution in [-0.4, -0.2) is 53.1 Å².